The van der Waals surface area contributed by atoms with Crippen molar-refractivity contribution in [1.82, 2.24) is 20.2 Å². The number of hydrogen-bond acceptors (Lipinski definition) is 3. The van der Waals surface area contributed by atoms with Gasteiger partial charge in [-0.2, -0.15) is 5.10 Å². The molecule has 0 aliphatic heterocycles. The maximum absolute atomic E-state index is 4.31. The van der Waals surface area contributed by atoms with Crippen LogP contribution in [0, 0.1) is 0 Å². The minimum atomic E-state index is 0.214. The Kier molecular flexibility index (Phi) is 8.04. The zero-order valence-corrected chi connectivity index (χ0v) is 25.6. The van der Waals surface area contributed by atoms with Gasteiger partial charge in [-0.15, -0.1) is 11.3 Å². The molecular formula is C34H42N4S. The van der Waals surface area contributed by atoms with Gasteiger partial charge < -0.3 is 4.98 Å². The first-order valence-electron chi connectivity index (χ1n) is 13.6. The van der Waals surface area contributed by atoms with Crippen molar-refractivity contribution in [2.45, 2.75) is 78.6 Å². The molecular weight excluding hydrogens is 496 g/mol. The minimum Gasteiger partial charge on any atom is -0.361 e. The van der Waals surface area contributed by atoms with Gasteiger partial charge in [0.1, 0.15) is 0 Å². The second-order valence-corrected chi connectivity index (χ2v) is 14.1. The van der Waals surface area contributed by atoms with Crippen LogP contribution in [0.2, 0.25) is 0 Å². The van der Waals surface area contributed by atoms with Crippen molar-refractivity contribution in [2.75, 3.05) is 0 Å². The minimum absolute atomic E-state index is 0.214. The largest absolute Gasteiger partial charge is 0.361 e. The zero-order valence-electron chi connectivity index (χ0n) is 24.8. The molecule has 0 unspecified atom stereocenters. The molecule has 0 radical (unpaired) electrons. The van der Waals surface area contributed by atoms with Gasteiger partial charge in [0.15, 0.2) is 0 Å². The topological polar surface area (TPSA) is 57.4 Å². The van der Waals surface area contributed by atoms with Crippen molar-refractivity contribution >= 4 is 43.4 Å². The number of benzene rings is 3. The number of aromatic amines is 2. The second kappa shape index (κ2) is 11.0. The highest BCUT2D eigenvalue weighted by molar-refractivity contribution is 7.16. The first-order chi connectivity index (χ1) is 18.2. The van der Waals surface area contributed by atoms with Crippen molar-refractivity contribution < 1.29 is 0 Å². The molecule has 0 saturated carbocycles. The number of hydrogen-bond donors (Lipinski definition) is 2. The summed E-state index contributed by atoms with van der Waals surface area (Å²) < 4.78 is 1.27. The van der Waals surface area contributed by atoms with Crippen LogP contribution in [0.5, 0.6) is 0 Å². The van der Waals surface area contributed by atoms with Gasteiger partial charge in [0, 0.05) is 17.1 Å². The van der Waals surface area contributed by atoms with Crippen molar-refractivity contribution in [3.63, 3.8) is 0 Å². The summed E-state index contributed by atoms with van der Waals surface area (Å²) in [7, 11) is 0. The van der Waals surface area contributed by atoms with E-state index in [2.05, 4.69) is 143 Å². The molecule has 0 aliphatic rings. The summed E-state index contributed by atoms with van der Waals surface area (Å²) in [5.74, 6) is 0. The molecule has 4 nitrogen and oxygen atoms in total. The fourth-order valence-corrected chi connectivity index (χ4v) is 4.91. The van der Waals surface area contributed by atoms with Gasteiger partial charge in [-0.1, -0.05) is 80.5 Å². The molecule has 3 heterocycles. The molecule has 204 valence electrons. The third-order valence-electron chi connectivity index (χ3n) is 6.92. The van der Waals surface area contributed by atoms with Gasteiger partial charge in [-0.3, -0.25) is 5.10 Å². The number of nitrogens with zero attached hydrogens (tertiary/aromatic N) is 2. The Hall–Kier alpha value is -3.44. The molecule has 0 fully saturated rings. The van der Waals surface area contributed by atoms with Crippen LogP contribution in [-0.2, 0) is 16.2 Å². The monoisotopic (exact) mass is 538 g/mol. The van der Waals surface area contributed by atoms with Gasteiger partial charge in [0.05, 0.1) is 27.4 Å². The number of H-pyrrole nitrogens is 2. The Morgan fingerprint density at radius 1 is 0.615 bits per heavy atom. The summed E-state index contributed by atoms with van der Waals surface area (Å²) in [5, 5.41) is 9.43. The van der Waals surface area contributed by atoms with E-state index in [0.29, 0.717) is 0 Å². The summed E-state index contributed by atoms with van der Waals surface area (Å²) in [6, 6.07) is 21.7. The molecule has 0 saturated heterocycles. The van der Waals surface area contributed by atoms with E-state index in [9.17, 15) is 0 Å². The van der Waals surface area contributed by atoms with Gasteiger partial charge in [0.25, 0.3) is 0 Å². The van der Waals surface area contributed by atoms with Crippen LogP contribution < -0.4 is 0 Å². The smallest absolute Gasteiger partial charge is 0.0814 e. The van der Waals surface area contributed by atoms with E-state index < -0.39 is 0 Å². The highest BCUT2D eigenvalue weighted by atomic mass is 32.1. The summed E-state index contributed by atoms with van der Waals surface area (Å²) in [4.78, 5) is 7.51. The first-order valence-corrected chi connectivity index (χ1v) is 14.4. The maximum Gasteiger partial charge on any atom is 0.0814 e. The molecule has 0 atom stereocenters. The lowest BCUT2D eigenvalue weighted by Gasteiger charge is -2.18. The average Bonchev–Trinajstić information content (AvgIpc) is 3.62. The number of aromatic nitrogens is 4. The highest BCUT2D eigenvalue weighted by Gasteiger charge is 2.15. The van der Waals surface area contributed by atoms with Gasteiger partial charge in [0.2, 0.25) is 0 Å². The molecule has 0 bridgehead atoms. The van der Waals surface area contributed by atoms with Crippen LogP contribution in [0.3, 0.4) is 0 Å². The van der Waals surface area contributed by atoms with Crippen molar-refractivity contribution in [3.8, 4) is 0 Å². The summed E-state index contributed by atoms with van der Waals surface area (Å²) >= 11 is 1.70. The Labute approximate surface area is 236 Å². The van der Waals surface area contributed by atoms with E-state index in [1.54, 1.807) is 11.3 Å². The Morgan fingerprint density at radius 3 is 1.82 bits per heavy atom. The van der Waals surface area contributed by atoms with Crippen LogP contribution in [-0.4, -0.2) is 20.2 Å². The normalized spacial score (nSPS) is 12.2. The van der Waals surface area contributed by atoms with Crippen LogP contribution >= 0.6 is 11.3 Å². The Bertz CT molecular complexity index is 1460. The lowest BCUT2D eigenvalue weighted by molar-refractivity contribution is 0.591. The average molecular weight is 539 g/mol. The third kappa shape index (κ3) is 7.15. The van der Waals surface area contributed by atoms with Crippen LogP contribution in [0.1, 0.15) is 79.0 Å². The molecule has 6 rings (SSSR count). The summed E-state index contributed by atoms with van der Waals surface area (Å²) in [6.45, 7) is 20.0. The molecule has 39 heavy (non-hydrogen) atoms. The van der Waals surface area contributed by atoms with Gasteiger partial charge >= 0.3 is 0 Å². The first kappa shape index (κ1) is 28.6. The molecule has 2 N–H and O–H groups in total. The van der Waals surface area contributed by atoms with Crippen LogP contribution in [0.25, 0.3) is 32.0 Å². The quantitative estimate of drug-likeness (QED) is 0.202. The van der Waals surface area contributed by atoms with E-state index in [1.807, 2.05) is 17.9 Å². The van der Waals surface area contributed by atoms with Crippen molar-refractivity contribution in [1.29, 1.82) is 0 Å². The van der Waals surface area contributed by atoms with Crippen molar-refractivity contribution in [3.05, 3.63) is 95.3 Å². The lowest BCUT2D eigenvalue weighted by atomic mass is 9.86. The van der Waals surface area contributed by atoms with E-state index >= 15 is 0 Å². The molecule has 6 aromatic rings. The molecule has 0 aliphatic carbocycles. The third-order valence-corrected chi connectivity index (χ3v) is 7.73. The molecule has 3 aromatic carbocycles. The van der Waals surface area contributed by atoms with E-state index in [4.69, 9.17) is 0 Å². The predicted molar refractivity (Wildman–Crippen MR) is 170 cm³/mol. The van der Waals surface area contributed by atoms with Crippen LogP contribution in [0.4, 0.5) is 0 Å². The number of nitrogens with one attached hydrogen (secondary N) is 2. The predicted octanol–water partition coefficient (Wildman–Crippen LogP) is 9.92. The lowest BCUT2D eigenvalue weighted by Crippen LogP contribution is -2.10. The van der Waals surface area contributed by atoms with Crippen molar-refractivity contribution in [2.24, 2.45) is 0 Å². The number of rotatable bonds is 0. The molecule has 5 heteroatoms. The van der Waals surface area contributed by atoms with E-state index in [-0.39, 0.29) is 16.2 Å². The Morgan fingerprint density at radius 2 is 1.18 bits per heavy atom. The number of fused-ring (bicyclic) bond motifs is 3. The summed E-state index contributed by atoms with van der Waals surface area (Å²) in [5.41, 5.74) is 10.1. The molecule has 0 spiro atoms. The zero-order chi connectivity index (χ0) is 28.4. The SMILES string of the molecule is CC(C)(C)c1ccc2[nH]ccc2c1.CC(C)(C)c1ccc2[nH]ncc2c1.CC(C)(C)c1ccc2scnc2c1. The fourth-order valence-electron chi connectivity index (χ4n) is 4.25. The van der Waals surface area contributed by atoms with E-state index in [0.717, 1.165) is 11.0 Å². The van der Waals surface area contributed by atoms with Gasteiger partial charge in [-0.25, -0.2) is 4.98 Å². The second-order valence-electron chi connectivity index (χ2n) is 13.2. The molecule has 0 amide bonds. The standard InChI is InChI=1S/C12H15N.C11H14N2.C11H13NS/c1-12(2,3)10-4-5-11-9(8-10)6-7-13-11;1-11(2,3)9-4-5-10-8(6-9)7-12-13-10;1-11(2,3)8-4-5-10-9(6-8)12-7-13-10/h4-8,13H,1-3H3;4-7H,1-3H3,(H,12,13);4-7H,1-3H3. The maximum atomic E-state index is 4.31. The fraction of sp³-hybridized carbons (Fsp3) is 0.353. The van der Waals surface area contributed by atoms with Gasteiger partial charge in [-0.05, 0) is 80.8 Å². The molecule has 3 aromatic heterocycles. The number of thiazole rings is 1. The highest BCUT2D eigenvalue weighted by Crippen LogP contribution is 2.28. The van der Waals surface area contributed by atoms with Crippen LogP contribution in [0.15, 0.2) is 78.6 Å². The Balaban J connectivity index is 0.000000136. The summed E-state index contributed by atoms with van der Waals surface area (Å²) in [6.07, 6.45) is 3.85. The van der Waals surface area contributed by atoms with E-state index in [1.165, 1.54) is 37.7 Å².